The maximum atomic E-state index is 10.7. The van der Waals surface area contributed by atoms with Crippen LogP contribution in [0, 0.1) is 0 Å². The van der Waals surface area contributed by atoms with E-state index in [1.165, 1.54) is 5.56 Å². The molecular weight excluding hydrogens is 392 g/mol. The van der Waals surface area contributed by atoms with Crippen LogP contribution in [0.2, 0.25) is 5.02 Å². The van der Waals surface area contributed by atoms with Gasteiger partial charge in [-0.05, 0) is 29.2 Å². The Hall–Kier alpha value is -2.12. The molecule has 2 aromatic carbocycles. The van der Waals surface area contributed by atoms with Gasteiger partial charge in [0.25, 0.3) is 0 Å². The Morgan fingerprint density at radius 1 is 1.38 bits per heavy atom. The third-order valence-corrected chi connectivity index (χ3v) is 5.26. The summed E-state index contributed by atoms with van der Waals surface area (Å²) in [5.74, 6) is 0. The molecule has 2 atom stereocenters. The highest BCUT2D eigenvalue weighted by Crippen LogP contribution is 2.38. The van der Waals surface area contributed by atoms with E-state index in [1.54, 1.807) is 0 Å². The molecule has 1 fully saturated rings. The molecule has 0 spiro atoms. The molecule has 1 amide bonds. The zero-order valence-corrected chi connectivity index (χ0v) is 17.2. The van der Waals surface area contributed by atoms with Crippen molar-refractivity contribution in [1.82, 2.24) is 10.6 Å². The van der Waals surface area contributed by atoms with Gasteiger partial charge in [0.05, 0.1) is 13.2 Å². The van der Waals surface area contributed by atoms with Crippen LogP contribution < -0.4 is 10.6 Å². The summed E-state index contributed by atoms with van der Waals surface area (Å²) in [5.41, 5.74) is 4.13. The fourth-order valence-corrected chi connectivity index (χ4v) is 3.84. The number of aryl methyl sites for hydroxylation is 1. The molecule has 156 valence electrons. The zero-order chi connectivity index (χ0) is 20.6. The standard InChI is InChI=1S/C22H27ClN2O4/c1-2-15-5-3-6-16(13-15)20-17(7-4-8-18(20)23)21(19-14-24-9-11-28-19)29-12-10-25-22(26)27/h3-8,13,19,21,24-25H,2,9-12,14H2,1H3,(H,26,27)/t19-,21+/m1/s1. The van der Waals surface area contributed by atoms with Crippen molar-refractivity contribution in [3.63, 3.8) is 0 Å². The Morgan fingerprint density at radius 3 is 2.93 bits per heavy atom. The molecule has 1 heterocycles. The third kappa shape index (κ3) is 5.70. The SMILES string of the molecule is CCc1cccc(-c2c(Cl)cccc2[C@H](OCCNC(=O)O)[C@H]2CNCCO2)c1. The van der Waals surface area contributed by atoms with E-state index in [1.807, 2.05) is 30.3 Å². The second-order valence-corrected chi connectivity index (χ2v) is 7.30. The molecule has 0 radical (unpaired) electrons. The summed E-state index contributed by atoms with van der Waals surface area (Å²) in [6.45, 7) is 4.60. The van der Waals surface area contributed by atoms with E-state index in [0.717, 1.165) is 29.7 Å². The van der Waals surface area contributed by atoms with Crippen molar-refractivity contribution in [3.05, 3.63) is 58.6 Å². The van der Waals surface area contributed by atoms with Crippen LogP contribution in [0.4, 0.5) is 4.79 Å². The van der Waals surface area contributed by atoms with Crippen LogP contribution >= 0.6 is 11.6 Å². The van der Waals surface area contributed by atoms with Crippen molar-refractivity contribution >= 4 is 17.7 Å². The number of ether oxygens (including phenoxy) is 2. The van der Waals surface area contributed by atoms with E-state index in [4.69, 9.17) is 26.2 Å². The Bertz CT molecular complexity index is 824. The number of halogens is 1. The summed E-state index contributed by atoms with van der Waals surface area (Å²) < 4.78 is 12.1. The molecule has 0 saturated carbocycles. The van der Waals surface area contributed by atoms with E-state index in [-0.39, 0.29) is 25.4 Å². The molecule has 0 aliphatic carbocycles. The third-order valence-electron chi connectivity index (χ3n) is 4.95. The number of benzene rings is 2. The average molecular weight is 419 g/mol. The molecule has 1 saturated heterocycles. The maximum Gasteiger partial charge on any atom is 0.404 e. The highest BCUT2D eigenvalue weighted by Gasteiger charge is 2.29. The van der Waals surface area contributed by atoms with Gasteiger partial charge in [0.15, 0.2) is 0 Å². The van der Waals surface area contributed by atoms with Gasteiger partial charge >= 0.3 is 6.09 Å². The second-order valence-electron chi connectivity index (χ2n) is 6.89. The molecule has 3 rings (SSSR count). The van der Waals surface area contributed by atoms with Gasteiger partial charge in [-0.3, -0.25) is 0 Å². The van der Waals surface area contributed by atoms with Gasteiger partial charge in [-0.15, -0.1) is 0 Å². The number of carbonyl (C=O) groups is 1. The van der Waals surface area contributed by atoms with Gasteiger partial charge in [-0.1, -0.05) is 54.9 Å². The topological polar surface area (TPSA) is 79.8 Å². The highest BCUT2D eigenvalue weighted by molar-refractivity contribution is 6.33. The van der Waals surface area contributed by atoms with Crippen LogP contribution in [-0.4, -0.2) is 50.2 Å². The predicted molar refractivity (Wildman–Crippen MR) is 114 cm³/mol. The minimum atomic E-state index is -1.07. The lowest BCUT2D eigenvalue weighted by Crippen LogP contribution is -2.43. The van der Waals surface area contributed by atoms with Crippen LogP contribution in [0.1, 0.15) is 24.2 Å². The first-order chi connectivity index (χ1) is 14.1. The number of nitrogens with one attached hydrogen (secondary N) is 2. The van der Waals surface area contributed by atoms with Crippen LogP contribution in [0.15, 0.2) is 42.5 Å². The summed E-state index contributed by atoms with van der Waals surface area (Å²) >= 11 is 6.64. The lowest BCUT2D eigenvalue weighted by atomic mass is 9.92. The minimum Gasteiger partial charge on any atom is -0.465 e. The largest absolute Gasteiger partial charge is 0.465 e. The first kappa shape index (κ1) is 21.6. The number of amides is 1. The highest BCUT2D eigenvalue weighted by atomic mass is 35.5. The van der Waals surface area contributed by atoms with Crippen LogP contribution in [0.3, 0.4) is 0 Å². The number of hydrogen-bond donors (Lipinski definition) is 3. The number of carboxylic acid groups (broad SMARTS) is 1. The summed E-state index contributed by atoms with van der Waals surface area (Å²) in [5, 5.41) is 15.1. The van der Waals surface area contributed by atoms with Gasteiger partial charge in [0.1, 0.15) is 12.2 Å². The van der Waals surface area contributed by atoms with Gasteiger partial charge in [0, 0.05) is 30.2 Å². The fourth-order valence-electron chi connectivity index (χ4n) is 3.55. The van der Waals surface area contributed by atoms with Crippen molar-refractivity contribution in [2.24, 2.45) is 0 Å². The van der Waals surface area contributed by atoms with E-state index in [9.17, 15) is 4.79 Å². The predicted octanol–water partition coefficient (Wildman–Crippen LogP) is 3.88. The molecule has 0 aromatic heterocycles. The number of hydrogen-bond acceptors (Lipinski definition) is 4. The zero-order valence-electron chi connectivity index (χ0n) is 16.5. The monoisotopic (exact) mass is 418 g/mol. The van der Waals surface area contributed by atoms with Crippen LogP contribution in [0.25, 0.3) is 11.1 Å². The summed E-state index contributed by atoms with van der Waals surface area (Å²) in [6, 6.07) is 14.1. The number of rotatable bonds is 8. The quantitative estimate of drug-likeness (QED) is 0.567. The van der Waals surface area contributed by atoms with Crippen molar-refractivity contribution < 1.29 is 19.4 Å². The van der Waals surface area contributed by atoms with Crippen molar-refractivity contribution in [2.45, 2.75) is 25.6 Å². The van der Waals surface area contributed by atoms with Gasteiger partial charge in [-0.25, -0.2) is 4.79 Å². The Morgan fingerprint density at radius 2 is 2.21 bits per heavy atom. The van der Waals surface area contributed by atoms with E-state index in [0.29, 0.717) is 18.2 Å². The maximum absolute atomic E-state index is 10.7. The number of morpholine rings is 1. The molecule has 0 bridgehead atoms. The molecule has 7 heteroatoms. The van der Waals surface area contributed by atoms with Crippen LogP contribution in [0.5, 0.6) is 0 Å². The second kappa shape index (κ2) is 10.6. The lowest BCUT2D eigenvalue weighted by Gasteiger charge is -2.32. The van der Waals surface area contributed by atoms with Crippen molar-refractivity contribution in [3.8, 4) is 11.1 Å². The molecule has 6 nitrogen and oxygen atoms in total. The molecule has 3 N–H and O–H groups in total. The Kier molecular flexibility index (Phi) is 7.89. The van der Waals surface area contributed by atoms with Gasteiger partial charge in [-0.2, -0.15) is 0 Å². The normalized spacial score (nSPS) is 17.7. The Labute approximate surface area is 176 Å². The van der Waals surface area contributed by atoms with Crippen molar-refractivity contribution in [2.75, 3.05) is 32.8 Å². The molecule has 1 aliphatic rings. The summed E-state index contributed by atoms with van der Waals surface area (Å²) in [4.78, 5) is 10.7. The first-order valence-corrected chi connectivity index (χ1v) is 10.3. The molecule has 1 aliphatic heterocycles. The molecule has 29 heavy (non-hydrogen) atoms. The van der Waals surface area contributed by atoms with Gasteiger partial charge < -0.3 is 25.2 Å². The summed E-state index contributed by atoms with van der Waals surface area (Å²) in [6.07, 6.45) is -0.706. The van der Waals surface area contributed by atoms with Crippen LogP contribution in [-0.2, 0) is 15.9 Å². The Balaban J connectivity index is 1.95. The van der Waals surface area contributed by atoms with E-state index < -0.39 is 6.09 Å². The van der Waals surface area contributed by atoms with E-state index in [2.05, 4.69) is 29.7 Å². The molecule has 0 unspecified atom stereocenters. The fraction of sp³-hybridized carbons (Fsp3) is 0.409. The average Bonchev–Trinajstić information content (AvgIpc) is 2.74. The summed E-state index contributed by atoms with van der Waals surface area (Å²) in [7, 11) is 0. The van der Waals surface area contributed by atoms with Gasteiger partial charge in [0.2, 0.25) is 0 Å². The lowest BCUT2D eigenvalue weighted by molar-refractivity contribution is -0.0850. The smallest absolute Gasteiger partial charge is 0.404 e. The first-order valence-electron chi connectivity index (χ1n) is 9.88. The van der Waals surface area contributed by atoms with E-state index >= 15 is 0 Å². The molecule has 2 aromatic rings. The molecular formula is C22H27ClN2O4. The van der Waals surface area contributed by atoms with Crippen molar-refractivity contribution in [1.29, 1.82) is 0 Å². The minimum absolute atomic E-state index is 0.194.